The van der Waals surface area contributed by atoms with Crippen LogP contribution in [0.15, 0.2) is 22.9 Å². The van der Waals surface area contributed by atoms with E-state index in [4.69, 9.17) is 9.26 Å². The van der Waals surface area contributed by atoms with Crippen LogP contribution in [0.4, 0.5) is 5.82 Å². The fourth-order valence-electron chi connectivity index (χ4n) is 3.21. The predicted octanol–water partition coefficient (Wildman–Crippen LogP) is 2.23. The molecular formula is C19H26N4O3. The van der Waals surface area contributed by atoms with Gasteiger partial charge in [-0.25, -0.2) is 4.98 Å². The van der Waals surface area contributed by atoms with Crippen molar-refractivity contribution >= 4 is 11.7 Å². The van der Waals surface area contributed by atoms with Gasteiger partial charge in [0.15, 0.2) is 0 Å². The molecule has 1 atom stereocenters. The number of hydrogen-bond acceptors (Lipinski definition) is 6. The molecule has 0 unspecified atom stereocenters. The molecular weight excluding hydrogens is 332 g/mol. The van der Waals surface area contributed by atoms with Crippen molar-refractivity contribution in [3.63, 3.8) is 0 Å². The number of carbonyl (C=O) groups is 1. The second-order valence-corrected chi connectivity index (χ2v) is 6.90. The van der Waals surface area contributed by atoms with E-state index in [1.54, 1.807) is 13.8 Å². The number of morpholine rings is 1. The minimum Gasteiger partial charge on any atom is -0.375 e. The van der Waals surface area contributed by atoms with Crippen molar-refractivity contribution < 1.29 is 14.1 Å². The Morgan fingerprint density at radius 1 is 1.38 bits per heavy atom. The molecule has 0 N–H and O–H groups in total. The topological polar surface area (TPSA) is 71.7 Å². The van der Waals surface area contributed by atoms with Crippen molar-refractivity contribution in [2.45, 2.75) is 32.8 Å². The maximum Gasteiger partial charge on any atom is 0.259 e. The van der Waals surface area contributed by atoms with E-state index in [9.17, 15) is 4.79 Å². The zero-order chi connectivity index (χ0) is 18.7. The lowest BCUT2D eigenvalue weighted by atomic mass is 10.1. The van der Waals surface area contributed by atoms with Gasteiger partial charge in [0.25, 0.3) is 5.91 Å². The van der Waals surface area contributed by atoms with Gasteiger partial charge in [-0.2, -0.15) is 0 Å². The van der Waals surface area contributed by atoms with Gasteiger partial charge in [-0.3, -0.25) is 4.79 Å². The summed E-state index contributed by atoms with van der Waals surface area (Å²) in [5.41, 5.74) is 2.44. The van der Waals surface area contributed by atoms with Crippen LogP contribution in [0.3, 0.4) is 0 Å². The lowest BCUT2D eigenvalue weighted by Crippen LogP contribution is -2.46. The summed E-state index contributed by atoms with van der Waals surface area (Å²) in [4.78, 5) is 21.0. The van der Waals surface area contributed by atoms with Crippen LogP contribution in [0.1, 0.15) is 33.8 Å². The first-order valence-electron chi connectivity index (χ1n) is 8.91. The number of rotatable bonds is 5. The molecule has 0 spiro atoms. The smallest absolute Gasteiger partial charge is 0.259 e. The Labute approximate surface area is 153 Å². The number of pyridine rings is 1. The Kier molecular flexibility index (Phi) is 5.56. The minimum atomic E-state index is -0.0200. The van der Waals surface area contributed by atoms with Crippen LogP contribution in [0, 0.1) is 13.8 Å². The SMILES string of the molecule is Cc1noc(C)c1C(=O)N1CCO[C@@H](CCc2ccnc(N(C)C)c2)C1. The van der Waals surface area contributed by atoms with Crippen molar-refractivity contribution in [1.82, 2.24) is 15.0 Å². The predicted molar refractivity (Wildman–Crippen MR) is 98.5 cm³/mol. The molecule has 7 nitrogen and oxygen atoms in total. The van der Waals surface area contributed by atoms with E-state index in [2.05, 4.69) is 16.2 Å². The Hall–Kier alpha value is -2.41. The Bertz CT molecular complexity index is 752. The zero-order valence-corrected chi connectivity index (χ0v) is 15.9. The summed E-state index contributed by atoms with van der Waals surface area (Å²) >= 11 is 0. The first-order valence-corrected chi connectivity index (χ1v) is 8.91. The van der Waals surface area contributed by atoms with Crippen molar-refractivity contribution in [2.24, 2.45) is 0 Å². The van der Waals surface area contributed by atoms with Crippen molar-refractivity contribution in [2.75, 3.05) is 38.7 Å². The highest BCUT2D eigenvalue weighted by molar-refractivity contribution is 5.96. The Morgan fingerprint density at radius 2 is 2.19 bits per heavy atom. The molecule has 2 aromatic heterocycles. The average Bonchev–Trinajstić information content (AvgIpc) is 2.98. The molecule has 0 radical (unpaired) electrons. The number of anilines is 1. The third kappa shape index (κ3) is 4.04. The normalized spacial score (nSPS) is 17.4. The van der Waals surface area contributed by atoms with Crippen LogP contribution in [0.25, 0.3) is 0 Å². The molecule has 3 heterocycles. The van der Waals surface area contributed by atoms with E-state index >= 15 is 0 Å². The highest BCUT2D eigenvalue weighted by atomic mass is 16.5. The van der Waals surface area contributed by atoms with Gasteiger partial charge < -0.3 is 19.1 Å². The first kappa shape index (κ1) is 18.4. The third-order valence-corrected chi connectivity index (χ3v) is 4.70. The summed E-state index contributed by atoms with van der Waals surface area (Å²) in [5.74, 6) is 1.50. The number of aromatic nitrogens is 2. The summed E-state index contributed by atoms with van der Waals surface area (Å²) in [6.07, 6.45) is 3.62. The second-order valence-electron chi connectivity index (χ2n) is 6.90. The first-order chi connectivity index (χ1) is 12.5. The molecule has 0 aliphatic carbocycles. The summed E-state index contributed by atoms with van der Waals surface area (Å²) in [5, 5.41) is 3.89. The molecule has 1 aliphatic heterocycles. The van der Waals surface area contributed by atoms with Crippen molar-refractivity contribution in [1.29, 1.82) is 0 Å². The van der Waals surface area contributed by atoms with Gasteiger partial charge in [0, 0.05) is 33.4 Å². The summed E-state index contributed by atoms with van der Waals surface area (Å²) in [7, 11) is 3.96. The molecule has 1 aliphatic rings. The molecule has 0 aromatic carbocycles. The number of nitrogens with zero attached hydrogens (tertiary/aromatic N) is 4. The number of hydrogen-bond donors (Lipinski definition) is 0. The monoisotopic (exact) mass is 358 g/mol. The zero-order valence-electron chi connectivity index (χ0n) is 15.9. The number of ether oxygens (including phenoxy) is 1. The van der Waals surface area contributed by atoms with Crippen LogP contribution >= 0.6 is 0 Å². The maximum atomic E-state index is 12.8. The molecule has 0 bridgehead atoms. The Morgan fingerprint density at radius 3 is 2.88 bits per heavy atom. The number of amides is 1. The van der Waals surface area contributed by atoms with Gasteiger partial charge in [-0.05, 0) is 44.4 Å². The second kappa shape index (κ2) is 7.86. The van der Waals surface area contributed by atoms with Crippen molar-refractivity contribution in [3.05, 3.63) is 40.9 Å². The molecule has 1 fully saturated rings. The quantitative estimate of drug-likeness (QED) is 0.816. The van der Waals surface area contributed by atoms with Gasteiger partial charge in [0.05, 0.1) is 18.4 Å². The molecule has 3 rings (SSSR count). The maximum absolute atomic E-state index is 12.8. The van der Waals surface area contributed by atoms with E-state index in [0.717, 1.165) is 18.7 Å². The lowest BCUT2D eigenvalue weighted by molar-refractivity contribution is -0.0246. The van der Waals surface area contributed by atoms with Crippen LogP contribution < -0.4 is 4.90 Å². The van der Waals surface area contributed by atoms with E-state index < -0.39 is 0 Å². The number of carbonyl (C=O) groups excluding carboxylic acids is 1. The van der Waals surface area contributed by atoms with E-state index in [1.807, 2.05) is 36.2 Å². The van der Waals surface area contributed by atoms with Gasteiger partial charge in [-0.15, -0.1) is 0 Å². The summed E-state index contributed by atoms with van der Waals surface area (Å²) in [6.45, 7) is 5.32. The van der Waals surface area contributed by atoms with Gasteiger partial charge in [-0.1, -0.05) is 5.16 Å². The molecule has 0 saturated carbocycles. The standard InChI is InChI=1S/C19H26N4O3/c1-13-18(14(2)26-21-13)19(24)23-9-10-25-16(12-23)6-5-15-7-8-20-17(11-15)22(3)4/h7-8,11,16H,5-6,9-10,12H2,1-4H3/t16-/m0/s1. The largest absolute Gasteiger partial charge is 0.375 e. The number of aryl methyl sites for hydroxylation is 3. The molecule has 140 valence electrons. The summed E-state index contributed by atoms with van der Waals surface area (Å²) < 4.78 is 11.0. The minimum absolute atomic E-state index is 0.0200. The van der Waals surface area contributed by atoms with Gasteiger partial charge in [0.2, 0.25) is 0 Å². The molecule has 26 heavy (non-hydrogen) atoms. The van der Waals surface area contributed by atoms with Crippen LogP contribution in [-0.4, -0.2) is 60.8 Å². The molecule has 1 saturated heterocycles. The van der Waals surface area contributed by atoms with Gasteiger partial charge >= 0.3 is 0 Å². The molecule has 2 aromatic rings. The van der Waals surface area contributed by atoms with Crippen LogP contribution in [0.2, 0.25) is 0 Å². The van der Waals surface area contributed by atoms with E-state index in [1.165, 1.54) is 5.56 Å². The third-order valence-electron chi connectivity index (χ3n) is 4.70. The highest BCUT2D eigenvalue weighted by Crippen LogP contribution is 2.19. The Balaban J connectivity index is 1.60. The van der Waals surface area contributed by atoms with Crippen LogP contribution in [-0.2, 0) is 11.2 Å². The van der Waals surface area contributed by atoms with Crippen LogP contribution in [0.5, 0.6) is 0 Å². The van der Waals surface area contributed by atoms with Crippen molar-refractivity contribution in [3.8, 4) is 0 Å². The van der Waals surface area contributed by atoms with E-state index in [0.29, 0.717) is 36.7 Å². The fraction of sp³-hybridized carbons (Fsp3) is 0.526. The van der Waals surface area contributed by atoms with E-state index in [-0.39, 0.29) is 12.0 Å². The fourth-order valence-corrected chi connectivity index (χ4v) is 3.21. The average molecular weight is 358 g/mol. The highest BCUT2D eigenvalue weighted by Gasteiger charge is 2.28. The lowest BCUT2D eigenvalue weighted by Gasteiger charge is -2.33. The molecule has 7 heteroatoms. The molecule has 1 amide bonds. The van der Waals surface area contributed by atoms with Gasteiger partial charge in [0.1, 0.15) is 17.1 Å². The summed E-state index contributed by atoms with van der Waals surface area (Å²) in [6, 6.07) is 4.12.